The van der Waals surface area contributed by atoms with Gasteiger partial charge in [-0.3, -0.25) is 0 Å². The zero-order valence-corrected chi connectivity index (χ0v) is 14.6. The molecule has 0 aliphatic rings. The van der Waals surface area contributed by atoms with E-state index in [1.807, 2.05) is 23.9 Å². The van der Waals surface area contributed by atoms with Crippen molar-refractivity contribution in [3.05, 3.63) is 23.8 Å². The Morgan fingerprint density at radius 1 is 1.23 bits per heavy atom. The number of hydrogen-bond acceptors (Lipinski definition) is 5. The molecule has 0 saturated heterocycles. The Balaban J connectivity index is 2.49. The van der Waals surface area contributed by atoms with Gasteiger partial charge in [-0.15, -0.1) is 11.8 Å². The molecule has 0 radical (unpaired) electrons. The Morgan fingerprint density at radius 2 is 2.05 bits per heavy atom. The summed E-state index contributed by atoms with van der Waals surface area (Å²) >= 11 is 1.83. The largest absolute Gasteiger partial charge is 0.482 e. The Kier molecular flexibility index (Phi) is 9.75. The molecule has 0 spiro atoms. The third-order valence-corrected chi connectivity index (χ3v) is 4.03. The van der Waals surface area contributed by atoms with Gasteiger partial charge in [0.2, 0.25) is 0 Å². The summed E-state index contributed by atoms with van der Waals surface area (Å²) in [5.74, 6) is 1.49. The molecule has 0 aliphatic heterocycles. The topological polar surface area (TPSA) is 47.6 Å². The average molecular weight is 325 g/mol. The van der Waals surface area contributed by atoms with Crippen LogP contribution in [0.4, 0.5) is 0 Å². The van der Waals surface area contributed by atoms with Gasteiger partial charge in [0.05, 0.1) is 6.61 Å². The number of benzene rings is 1. The summed E-state index contributed by atoms with van der Waals surface area (Å²) in [6.45, 7) is 8.48. The van der Waals surface area contributed by atoms with Crippen LogP contribution in [0.1, 0.15) is 32.8 Å². The van der Waals surface area contributed by atoms with E-state index in [1.54, 1.807) is 6.92 Å². The van der Waals surface area contributed by atoms with Crippen molar-refractivity contribution < 1.29 is 14.3 Å². The number of carbonyl (C=O) groups excluding carboxylic acids is 1. The lowest BCUT2D eigenvalue weighted by Crippen LogP contribution is -2.17. The Bertz CT molecular complexity index is 452. The van der Waals surface area contributed by atoms with Crippen LogP contribution in [0, 0.1) is 0 Å². The second kappa shape index (κ2) is 11.4. The molecule has 1 N–H and O–H groups in total. The molecule has 124 valence electrons. The SMILES string of the molecule is CCCNCCSc1ccc(OCC(=O)OCC)c(CC)c1. The monoisotopic (exact) mass is 325 g/mol. The molecule has 0 atom stereocenters. The minimum atomic E-state index is -0.329. The van der Waals surface area contributed by atoms with E-state index in [9.17, 15) is 4.79 Å². The number of esters is 1. The van der Waals surface area contributed by atoms with E-state index in [-0.39, 0.29) is 12.6 Å². The zero-order valence-electron chi connectivity index (χ0n) is 13.8. The maximum Gasteiger partial charge on any atom is 0.344 e. The van der Waals surface area contributed by atoms with Gasteiger partial charge < -0.3 is 14.8 Å². The molecule has 4 nitrogen and oxygen atoms in total. The van der Waals surface area contributed by atoms with Crippen molar-refractivity contribution in [2.45, 2.75) is 38.5 Å². The number of carbonyl (C=O) groups is 1. The van der Waals surface area contributed by atoms with Gasteiger partial charge in [-0.05, 0) is 50.1 Å². The van der Waals surface area contributed by atoms with E-state index in [0.29, 0.717) is 6.61 Å². The number of nitrogens with one attached hydrogen (secondary N) is 1. The van der Waals surface area contributed by atoms with E-state index < -0.39 is 0 Å². The lowest BCUT2D eigenvalue weighted by Gasteiger charge is -2.12. The molecular formula is C17H27NO3S. The molecule has 0 aromatic heterocycles. The second-order valence-corrected chi connectivity index (χ2v) is 5.98. The third kappa shape index (κ3) is 7.18. The van der Waals surface area contributed by atoms with Gasteiger partial charge in [-0.2, -0.15) is 0 Å². The minimum Gasteiger partial charge on any atom is -0.482 e. The Hall–Kier alpha value is -1.20. The van der Waals surface area contributed by atoms with Gasteiger partial charge in [0, 0.05) is 17.2 Å². The zero-order chi connectivity index (χ0) is 16.2. The van der Waals surface area contributed by atoms with Crippen molar-refractivity contribution in [1.29, 1.82) is 0 Å². The van der Waals surface area contributed by atoms with Crippen LogP contribution in [0.5, 0.6) is 5.75 Å². The van der Waals surface area contributed by atoms with Gasteiger partial charge in [0.25, 0.3) is 0 Å². The fourth-order valence-corrected chi connectivity index (χ4v) is 2.82. The predicted molar refractivity (Wildman–Crippen MR) is 91.8 cm³/mol. The molecule has 1 aromatic rings. The summed E-state index contributed by atoms with van der Waals surface area (Å²) in [6, 6.07) is 6.13. The van der Waals surface area contributed by atoms with E-state index in [0.717, 1.165) is 43.0 Å². The molecule has 0 heterocycles. The molecule has 0 unspecified atom stereocenters. The first-order valence-corrected chi connectivity index (χ1v) is 8.94. The summed E-state index contributed by atoms with van der Waals surface area (Å²) in [5.41, 5.74) is 1.12. The van der Waals surface area contributed by atoms with E-state index in [1.165, 1.54) is 4.90 Å². The van der Waals surface area contributed by atoms with Crippen LogP contribution in [0.25, 0.3) is 0 Å². The maximum absolute atomic E-state index is 11.4. The van der Waals surface area contributed by atoms with Crippen LogP contribution in [0.15, 0.2) is 23.1 Å². The normalized spacial score (nSPS) is 10.5. The number of ether oxygens (including phenoxy) is 2. The summed E-state index contributed by atoms with van der Waals surface area (Å²) in [4.78, 5) is 12.6. The Morgan fingerprint density at radius 3 is 2.73 bits per heavy atom. The molecule has 0 saturated carbocycles. The molecule has 5 heteroatoms. The third-order valence-electron chi connectivity index (χ3n) is 3.04. The highest BCUT2D eigenvalue weighted by atomic mass is 32.2. The van der Waals surface area contributed by atoms with Gasteiger partial charge in [-0.1, -0.05) is 13.8 Å². The highest BCUT2D eigenvalue weighted by molar-refractivity contribution is 7.99. The van der Waals surface area contributed by atoms with Crippen molar-refractivity contribution in [3.63, 3.8) is 0 Å². The fraction of sp³-hybridized carbons (Fsp3) is 0.588. The number of rotatable bonds is 11. The molecule has 0 aliphatic carbocycles. The highest BCUT2D eigenvalue weighted by Gasteiger charge is 2.08. The number of hydrogen-bond donors (Lipinski definition) is 1. The molecule has 1 aromatic carbocycles. The first kappa shape index (κ1) is 18.8. The maximum atomic E-state index is 11.4. The second-order valence-electron chi connectivity index (χ2n) is 4.82. The number of thioether (sulfide) groups is 1. The highest BCUT2D eigenvalue weighted by Crippen LogP contribution is 2.26. The summed E-state index contributed by atoms with van der Waals surface area (Å²) in [5, 5.41) is 3.39. The van der Waals surface area contributed by atoms with E-state index >= 15 is 0 Å². The minimum absolute atomic E-state index is 0.0335. The van der Waals surface area contributed by atoms with Crippen LogP contribution < -0.4 is 10.1 Å². The van der Waals surface area contributed by atoms with Crippen molar-refractivity contribution in [1.82, 2.24) is 5.32 Å². The Labute approximate surface area is 138 Å². The standard InChI is InChI=1S/C17H27NO3S/c1-4-9-18-10-11-22-15-7-8-16(14(5-2)12-15)21-13-17(19)20-6-3/h7-8,12,18H,4-6,9-11,13H2,1-3H3. The predicted octanol–water partition coefficient (Wildman–Crippen LogP) is 3.28. The molecule has 0 fully saturated rings. The van der Waals surface area contributed by atoms with Crippen LogP contribution in [-0.2, 0) is 16.0 Å². The molecular weight excluding hydrogens is 298 g/mol. The lowest BCUT2D eigenvalue weighted by molar-refractivity contribution is -0.145. The van der Waals surface area contributed by atoms with Crippen LogP contribution in [-0.4, -0.2) is 38.0 Å². The summed E-state index contributed by atoms with van der Waals surface area (Å²) < 4.78 is 10.4. The van der Waals surface area contributed by atoms with E-state index in [4.69, 9.17) is 9.47 Å². The van der Waals surface area contributed by atoms with Crippen LogP contribution in [0.2, 0.25) is 0 Å². The molecule has 1 rings (SSSR count). The summed E-state index contributed by atoms with van der Waals surface area (Å²) in [6.07, 6.45) is 2.04. The molecule has 0 bridgehead atoms. The van der Waals surface area contributed by atoms with E-state index in [2.05, 4.69) is 25.2 Å². The fourth-order valence-electron chi connectivity index (χ4n) is 1.94. The van der Waals surface area contributed by atoms with Crippen LogP contribution in [0.3, 0.4) is 0 Å². The van der Waals surface area contributed by atoms with Crippen molar-refractivity contribution in [3.8, 4) is 5.75 Å². The number of aryl methyl sites for hydroxylation is 1. The quantitative estimate of drug-likeness (QED) is 0.384. The average Bonchev–Trinajstić information content (AvgIpc) is 2.53. The van der Waals surface area contributed by atoms with Crippen LogP contribution >= 0.6 is 11.8 Å². The van der Waals surface area contributed by atoms with Gasteiger partial charge in [0.15, 0.2) is 6.61 Å². The van der Waals surface area contributed by atoms with Gasteiger partial charge >= 0.3 is 5.97 Å². The van der Waals surface area contributed by atoms with Crippen molar-refractivity contribution >= 4 is 17.7 Å². The first-order valence-electron chi connectivity index (χ1n) is 7.96. The smallest absolute Gasteiger partial charge is 0.344 e. The first-order chi connectivity index (χ1) is 10.7. The van der Waals surface area contributed by atoms with Gasteiger partial charge in [0.1, 0.15) is 5.75 Å². The summed E-state index contributed by atoms with van der Waals surface area (Å²) in [7, 11) is 0. The molecule has 22 heavy (non-hydrogen) atoms. The lowest BCUT2D eigenvalue weighted by atomic mass is 10.1. The molecule has 0 amide bonds. The van der Waals surface area contributed by atoms with Crippen molar-refractivity contribution in [2.75, 3.05) is 32.1 Å². The van der Waals surface area contributed by atoms with Crippen molar-refractivity contribution in [2.24, 2.45) is 0 Å². The van der Waals surface area contributed by atoms with Gasteiger partial charge in [-0.25, -0.2) is 4.79 Å².